The molecular weight excluding hydrogens is 322 g/mol. The van der Waals surface area contributed by atoms with Gasteiger partial charge in [0.15, 0.2) is 9.84 Å². The summed E-state index contributed by atoms with van der Waals surface area (Å²) in [4.78, 5) is 11.7. The van der Waals surface area contributed by atoms with Crippen molar-refractivity contribution in [1.29, 1.82) is 0 Å². The second kappa shape index (κ2) is 7.04. The molecule has 0 aliphatic heterocycles. The van der Waals surface area contributed by atoms with Crippen molar-refractivity contribution in [2.24, 2.45) is 0 Å². The Labute approximate surface area is 133 Å². The number of carboxylic acids is 1. The number of aromatic carboxylic acids is 1. The van der Waals surface area contributed by atoms with Crippen molar-refractivity contribution in [3.05, 3.63) is 52.4 Å². The van der Waals surface area contributed by atoms with Gasteiger partial charge in [-0.15, -0.1) is 11.3 Å². The summed E-state index contributed by atoms with van der Waals surface area (Å²) in [5.74, 6) is -0.834. The zero-order valence-electron chi connectivity index (χ0n) is 12.1. The Morgan fingerprint density at radius 2 is 1.82 bits per heavy atom. The Morgan fingerprint density at radius 1 is 1.14 bits per heavy atom. The fourth-order valence-electron chi connectivity index (χ4n) is 1.86. The molecule has 7 heteroatoms. The van der Waals surface area contributed by atoms with Crippen LogP contribution in [0, 0.1) is 0 Å². The largest absolute Gasteiger partial charge is 0.478 e. The molecule has 118 valence electrons. The predicted molar refractivity (Wildman–Crippen MR) is 86.0 cm³/mol. The van der Waals surface area contributed by atoms with Crippen LogP contribution in [-0.4, -0.2) is 25.2 Å². The zero-order valence-corrected chi connectivity index (χ0v) is 13.7. The Kier molecular flexibility index (Phi) is 5.33. The van der Waals surface area contributed by atoms with Crippen LogP contribution in [-0.2, 0) is 22.9 Å². The van der Waals surface area contributed by atoms with E-state index in [1.54, 1.807) is 37.3 Å². The summed E-state index contributed by atoms with van der Waals surface area (Å²) in [5, 5.41) is 12.0. The lowest BCUT2D eigenvalue weighted by molar-refractivity contribution is 0.0697. The van der Waals surface area contributed by atoms with Gasteiger partial charge in [-0.2, -0.15) is 0 Å². The van der Waals surface area contributed by atoms with Crippen molar-refractivity contribution in [1.82, 2.24) is 5.32 Å². The normalized spacial score (nSPS) is 11.5. The molecule has 1 aromatic heterocycles. The third-order valence-corrected chi connectivity index (χ3v) is 6.55. The molecule has 1 heterocycles. The predicted octanol–water partition coefficient (Wildman–Crippen LogP) is 2.53. The molecule has 0 atom stereocenters. The van der Waals surface area contributed by atoms with Crippen molar-refractivity contribution in [2.75, 3.05) is 5.75 Å². The number of carbonyl (C=O) groups is 1. The van der Waals surface area contributed by atoms with E-state index >= 15 is 0 Å². The molecule has 0 saturated carbocycles. The fraction of sp³-hybridized carbons (Fsp3) is 0.267. The Bertz CT molecular complexity index is 748. The van der Waals surface area contributed by atoms with E-state index in [9.17, 15) is 13.2 Å². The van der Waals surface area contributed by atoms with Crippen LogP contribution in [0.5, 0.6) is 0 Å². The highest BCUT2D eigenvalue weighted by atomic mass is 32.2. The number of benzene rings is 1. The first-order valence-electron chi connectivity index (χ1n) is 6.77. The first-order chi connectivity index (χ1) is 10.4. The summed E-state index contributed by atoms with van der Waals surface area (Å²) >= 11 is 1.28. The van der Waals surface area contributed by atoms with Gasteiger partial charge in [0.1, 0.15) is 4.21 Å². The van der Waals surface area contributed by atoms with E-state index in [0.717, 1.165) is 10.4 Å². The van der Waals surface area contributed by atoms with Gasteiger partial charge in [-0.25, -0.2) is 13.2 Å². The van der Waals surface area contributed by atoms with Crippen LogP contribution in [0.25, 0.3) is 0 Å². The molecule has 2 aromatic rings. The number of nitrogens with one attached hydrogen (secondary N) is 1. The average Bonchev–Trinajstić information content (AvgIpc) is 2.97. The van der Waals surface area contributed by atoms with Gasteiger partial charge in [-0.1, -0.05) is 19.1 Å². The van der Waals surface area contributed by atoms with E-state index in [-0.39, 0.29) is 11.3 Å². The molecular formula is C15H17NO4S2. The molecule has 0 aliphatic carbocycles. The molecule has 0 radical (unpaired) electrons. The second-order valence-electron chi connectivity index (χ2n) is 4.73. The number of rotatable bonds is 7. The van der Waals surface area contributed by atoms with Crippen molar-refractivity contribution < 1.29 is 18.3 Å². The molecule has 0 unspecified atom stereocenters. The molecule has 0 aliphatic rings. The number of hydrogen-bond acceptors (Lipinski definition) is 5. The van der Waals surface area contributed by atoms with Crippen LogP contribution in [0.3, 0.4) is 0 Å². The van der Waals surface area contributed by atoms with Crippen LogP contribution in [0.4, 0.5) is 0 Å². The highest BCUT2D eigenvalue weighted by molar-refractivity contribution is 7.93. The smallest absolute Gasteiger partial charge is 0.335 e. The molecule has 0 amide bonds. The Hall–Kier alpha value is -1.70. The Morgan fingerprint density at radius 3 is 2.41 bits per heavy atom. The minimum Gasteiger partial charge on any atom is -0.478 e. The van der Waals surface area contributed by atoms with Gasteiger partial charge < -0.3 is 10.4 Å². The van der Waals surface area contributed by atoms with E-state index in [0.29, 0.717) is 17.3 Å². The fourth-order valence-corrected chi connectivity index (χ4v) is 4.31. The van der Waals surface area contributed by atoms with Gasteiger partial charge in [0.05, 0.1) is 11.3 Å². The van der Waals surface area contributed by atoms with Crippen molar-refractivity contribution in [3.63, 3.8) is 0 Å². The maximum absolute atomic E-state index is 11.7. The Balaban J connectivity index is 1.90. The first-order valence-corrected chi connectivity index (χ1v) is 9.23. The van der Waals surface area contributed by atoms with Gasteiger partial charge in [0, 0.05) is 18.0 Å². The van der Waals surface area contributed by atoms with Gasteiger partial charge in [-0.05, 0) is 29.8 Å². The van der Waals surface area contributed by atoms with Gasteiger partial charge in [-0.3, -0.25) is 0 Å². The summed E-state index contributed by atoms with van der Waals surface area (Å²) < 4.78 is 23.9. The van der Waals surface area contributed by atoms with E-state index < -0.39 is 15.8 Å². The van der Waals surface area contributed by atoms with Crippen molar-refractivity contribution in [3.8, 4) is 0 Å². The minimum atomic E-state index is -3.13. The van der Waals surface area contributed by atoms with Crippen LogP contribution in [0.2, 0.25) is 0 Å². The zero-order chi connectivity index (χ0) is 16.2. The summed E-state index contributed by atoms with van der Waals surface area (Å²) in [7, 11) is -3.13. The first kappa shape index (κ1) is 16.7. The van der Waals surface area contributed by atoms with E-state index in [2.05, 4.69) is 5.32 Å². The van der Waals surface area contributed by atoms with E-state index in [4.69, 9.17) is 5.11 Å². The van der Waals surface area contributed by atoms with Crippen molar-refractivity contribution in [2.45, 2.75) is 24.2 Å². The lowest BCUT2D eigenvalue weighted by atomic mass is 10.1. The summed E-state index contributed by atoms with van der Waals surface area (Å²) in [5.41, 5.74) is 1.24. The summed E-state index contributed by atoms with van der Waals surface area (Å²) in [6, 6.07) is 10.1. The number of thiophene rings is 1. The quantitative estimate of drug-likeness (QED) is 0.810. The average molecular weight is 339 g/mol. The molecule has 0 bridgehead atoms. The van der Waals surface area contributed by atoms with Gasteiger partial charge in [0.25, 0.3) is 0 Å². The maximum Gasteiger partial charge on any atom is 0.335 e. The van der Waals surface area contributed by atoms with Crippen LogP contribution < -0.4 is 5.32 Å². The molecule has 1 aromatic carbocycles. The third-order valence-electron chi connectivity index (χ3n) is 3.15. The van der Waals surface area contributed by atoms with E-state index in [1.807, 2.05) is 6.07 Å². The van der Waals surface area contributed by atoms with Crippen LogP contribution in [0.1, 0.15) is 27.7 Å². The molecule has 0 fully saturated rings. The van der Waals surface area contributed by atoms with Gasteiger partial charge in [0.2, 0.25) is 0 Å². The summed E-state index contributed by atoms with van der Waals surface area (Å²) in [6.07, 6.45) is 0. The van der Waals surface area contributed by atoms with Crippen LogP contribution >= 0.6 is 11.3 Å². The van der Waals surface area contributed by atoms with Crippen molar-refractivity contribution >= 4 is 27.1 Å². The molecule has 0 spiro atoms. The topological polar surface area (TPSA) is 83.5 Å². The molecule has 2 N–H and O–H groups in total. The highest BCUT2D eigenvalue weighted by Crippen LogP contribution is 2.22. The lowest BCUT2D eigenvalue weighted by Crippen LogP contribution is -2.11. The lowest BCUT2D eigenvalue weighted by Gasteiger charge is -2.04. The van der Waals surface area contributed by atoms with Gasteiger partial charge >= 0.3 is 5.97 Å². The number of sulfone groups is 1. The number of hydrogen-bond donors (Lipinski definition) is 2. The SMILES string of the molecule is CCS(=O)(=O)c1ccc(CNCc2ccc(C(=O)O)cc2)s1. The maximum atomic E-state index is 11.7. The summed E-state index contributed by atoms with van der Waals surface area (Å²) in [6.45, 7) is 2.80. The standard InChI is InChI=1S/C15H17NO4S2/c1-2-22(19,20)14-8-7-13(21-14)10-16-9-11-3-5-12(6-4-11)15(17)18/h3-8,16H,2,9-10H2,1H3,(H,17,18). The molecule has 2 rings (SSSR count). The molecule has 22 heavy (non-hydrogen) atoms. The third kappa shape index (κ3) is 4.16. The monoisotopic (exact) mass is 339 g/mol. The van der Waals surface area contributed by atoms with E-state index in [1.165, 1.54) is 11.3 Å². The highest BCUT2D eigenvalue weighted by Gasteiger charge is 2.14. The number of carboxylic acid groups (broad SMARTS) is 1. The molecule has 5 nitrogen and oxygen atoms in total. The molecule has 0 saturated heterocycles. The van der Waals surface area contributed by atoms with Crippen LogP contribution in [0.15, 0.2) is 40.6 Å². The second-order valence-corrected chi connectivity index (χ2v) is 8.40. The minimum absolute atomic E-state index is 0.107.